The van der Waals surface area contributed by atoms with Crippen molar-refractivity contribution in [3.05, 3.63) is 12.2 Å². The zero-order valence-corrected chi connectivity index (χ0v) is 15.9. The topological polar surface area (TPSA) is 26.3 Å². The smallest absolute Gasteiger partial charge is 0.330 e. The Hall–Kier alpha value is -0.790. The van der Waals surface area contributed by atoms with Crippen molar-refractivity contribution in [1.82, 2.24) is 0 Å². The SMILES string of the molecule is CCCCCCCCC=CC(=O)OCC(CCC)CCCCC. The molecule has 0 aromatic carbocycles. The number of hydrogen-bond donors (Lipinski definition) is 0. The maximum atomic E-state index is 11.7. The number of rotatable bonds is 16. The second-order valence-corrected chi connectivity index (χ2v) is 6.74. The first-order valence-corrected chi connectivity index (χ1v) is 10.1. The van der Waals surface area contributed by atoms with Crippen LogP contribution in [0.4, 0.5) is 0 Å². The van der Waals surface area contributed by atoms with Crippen LogP contribution in [0.2, 0.25) is 0 Å². The van der Waals surface area contributed by atoms with Crippen LogP contribution in [0.25, 0.3) is 0 Å². The Bertz CT molecular complexity index is 284. The summed E-state index contributed by atoms with van der Waals surface area (Å²) in [6, 6.07) is 0. The Labute approximate surface area is 145 Å². The van der Waals surface area contributed by atoms with Crippen molar-refractivity contribution in [1.29, 1.82) is 0 Å². The van der Waals surface area contributed by atoms with Gasteiger partial charge in [-0.15, -0.1) is 0 Å². The first-order chi connectivity index (χ1) is 11.2. The molecule has 0 aromatic rings. The lowest BCUT2D eigenvalue weighted by molar-refractivity contribution is -0.139. The van der Waals surface area contributed by atoms with Gasteiger partial charge in [-0.3, -0.25) is 0 Å². The van der Waals surface area contributed by atoms with E-state index in [1.165, 1.54) is 77.0 Å². The highest BCUT2D eigenvalue weighted by Crippen LogP contribution is 2.16. The minimum Gasteiger partial charge on any atom is -0.462 e. The number of esters is 1. The predicted octanol–water partition coefficient (Wildman–Crippen LogP) is 6.83. The summed E-state index contributed by atoms with van der Waals surface area (Å²) in [5.41, 5.74) is 0. The molecule has 0 aliphatic carbocycles. The molecule has 0 bridgehead atoms. The fourth-order valence-corrected chi connectivity index (χ4v) is 2.87. The molecule has 0 N–H and O–H groups in total. The second-order valence-electron chi connectivity index (χ2n) is 6.74. The number of ether oxygens (including phenoxy) is 1. The van der Waals surface area contributed by atoms with Crippen molar-refractivity contribution in [3.63, 3.8) is 0 Å². The maximum Gasteiger partial charge on any atom is 0.330 e. The summed E-state index contributed by atoms with van der Waals surface area (Å²) in [6.45, 7) is 7.26. The molecule has 0 heterocycles. The number of carbonyl (C=O) groups is 1. The highest BCUT2D eigenvalue weighted by atomic mass is 16.5. The van der Waals surface area contributed by atoms with E-state index < -0.39 is 0 Å². The largest absolute Gasteiger partial charge is 0.462 e. The van der Waals surface area contributed by atoms with Gasteiger partial charge in [0.1, 0.15) is 0 Å². The Balaban J connectivity index is 3.70. The van der Waals surface area contributed by atoms with Crippen LogP contribution in [-0.4, -0.2) is 12.6 Å². The minimum atomic E-state index is -0.160. The molecule has 0 aliphatic rings. The Kier molecular flexibility index (Phi) is 17.0. The summed E-state index contributed by atoms with van der Waals surface area (Å²) < 4.78 is 5.42. The number of unbranched alkanes of at least 4 members (excludes halogenated alkanes) is 8. The van der Waals surface area contributed by atoms with Gasteiger partial charge in [0.15, 0.2) is 0 Å². The summed E-state index contributed by atoms with van der Waals surface area (Å²) in [4.78, 5) is 11.7. The van der Waals surface area contributed by atoms with E-state index in [2.05, 4.69) is 20.8 Å². The van der Waals surface area contributed by atoms with Crippen LogP contribution in [0.15, 0.2) is 12.2 Å². The van der Waals surface area contributed by atoms with E-state index in [-0.39, 0.29) is 5.97 Å². The Morgan fingerprint density at radius 2 is 1.48 bits per heavy atom. The summed E-state index contributed by atoms with van der Waals surface area (Å²) in [6.07, 6.45) is 19.7. The van der Waals surface area contributed by atoms with Crippen LogP contribution in [0.3, 0.4) is 0 Å². The van der Waals surface area contributed by atoms with Crippen molar-refractivity contribution >= 4 is 5.97 Å². The summed E-state index contributed by atoms with van der Waals surface area (Å²) in [5, 5.41) is 0. The molecule has 0 fully saturated rings. The molecule has 0 aromatic heterocycles. The van der Waals surface area contributed by atoms with Gasteiger partial charge in [0, 0.05) is 6.08 Å². The van der Waals surface area contributed by atoms with E-state index in [1.54, 1.807) is 6.08 Å². The molecule has 1 atom stereocenters. The molecule has 23 heavy (non-hydrogen) atoms. The van der Waals surface area contributed by atoms with E-state index in [0.29, 0.717) is 12.5 Å². The van der Waals surface area contributed by atoms with E-state index in [0.717, 1.165) is 6.42 Å². The van der Waals surface area contributed by atoms with Gasteiger partial charge in [-0.2, -0.15) is 0 Å². The van der Waals surface area contributed by atoms with Crippen molar-refractivity contribution < 1.29 is 9.53 Å². The van der Waals surface area contributed by atoms with Gasteiger partial charge in [-0.1, -0.05) is 84.6 Å². The molecule has 136 valence electrons. The molecule has 0 saturated carbocycles. The number of carbonyl (C=O) groups excluding carboxylic acids is 1. The molecular formula is C21H40O2. The normalized spacial score (nSPS) is 12.7. The molecule has 2 nitrogen and oxygen atoms in total. The Morgan fingerprint density at radius 1 is 0.826 bits per heavy atom. The van der Waals surface area contributed by atoms with Crippen molar-refractivity contribution in [2.24, 2.45) is 5.92 Å². The summed E-state index contributed by atoms with van der Waals surface area (Å²) in [5.74, 6) is 0.384. The van der Waals surface area contributed by atoms with Gasteiger partial charge in [-0.05, 0) is 31.6 Å². The summed E-state index contributed by atoms with van der Waals surface area (Å²) >= 11 is 0. The minimum absolute atomic E-state index is 0.160. The van der Waals surface area contributed by atoms with Gasteiger partial charge < -0.3 is 4.74 Å². The molecule has 0 aliphatic heterocycles. The lowest BCUT2D eigenvalue weighted by Crippen LogP contribution is -2.13. The summed E-state index contributed by atoms with van der Waals surface area (Å²) in [7, 11) is 0. The van der Waals surface area contributed by atoms with Crippen molar-refractivity contribution in [2.45, 2.75) is 104 Å². The van der Waals surface area contributed by atoms with Gasteiger partial charge >= 0.3 is 5.97 Å². The number of allylic oxidation sites excluding steroid dienone is 1. The molecule has 2 heteroatoms. The third kappa shape index (κ3) is 15.9. The van der Waals surface area contributed by atoms with Crippen molar-refractivity contribution in [3.8, 4) is 0 Å². The average Bonchev–Trinajstić information content (AvgIpc) is 2.55. The van der Waals surface area contributed by atoms with Gasteiger partial charge in [-0.25, -0.2) is 4.79 Å². The molecule has 0 saturated heterocycles. The highest BCUT2D eigenvalue weighted by Gasteiger charge is 2.09. The van der Waals surface area contributed by atoms with E-state index in [1.807, 2.05) is 6.08 Å². The zero-order chi connectivity index (χ0) is 17.2. The van der Waals surface area contributed by atoms with Gasteiger partial charge in [0.25, 0.3) is 0 Å². The fraction of sp³-hybridized carbons (Fsp3) is 0.857. The standard InChI is InChI=1S/C21H40O2/c1-4-7-9-10-11-12-13-15-18-21(22)23-19-20(16-6-3)17-14-8-5-2/h15,18,20H,4-14,16-17,19H2,1-3H3. The highest BCUT2D eigenvalue weighted by molar-refractivity contribution is 5.81. The third-order valence-corrected chi connectivity index (χ3v) is 4.35. The maximum absolute atomic E-state index is 11.7. The second kappa shape index (κ2) is 17.6. The van der Waals surface area contributed by atoms with Crippen LogP contribution in [0.1, 0.15) is 104 Å². The monoisotopic (exact) mass is 324 g/mol. The first-order valence-electron chi connectivity index (χ1n) is 10.1. The van der Waals surface area contributed by atoms with Crippen LogP contribution in [-0.2, 0) is 9.53 Å². The van der Waals surface area contributed by atoms with Crippen molar-refractivity contribution in [2.75, 3.05) is 6.61 Å². The first kappa shape index (κ1) is 22.2. The fourth-order valence-electron chi connectivity index (χ4n) is 2.87. The molecule has 0 amide bonds. The van der Waals surface area contributed by atoms with E-state index >= 15 is 0 Å². The lowest BCUT2D eigenvalue weighted by Gasteiger charge is -2.15. The van der Waals surface area contributed by atoms with E-state index in [4.69, 9.17) is 4.74 Å². The lowest BCUT2D eigenvalue weighted by atomic mass is 9.97. The van der Waals surface area contributed by atoms with Crippen LogP contribution < -0.4 is 0 Å². The zero-order valence-electron chi connectivity index (χ0n) is 15.9. The molecule has 1 unspecified atom stereocenters. The quantitative estimate of drug-likeness (QED) is 0.177. The van der Waals surface area contributed by atoms with Gasteiger partial charge in [0.2, 0.25) is 0 Å². The molecular weight excluding hydrogens is 284 g/mol. The van der Waals surface area contributed by atoms with Gasteiger partial charge in [0.05, 0.1) is 6.61 Å². The average molecular weight is 325 g/mol. The van der Waals surface area contributed by atoms with Crippen LogP contribution in [0, 0.1) is 5.92 Å². The molecule has 0 spiro atoms. The number of hydrogen-bond acceptors (Lipinski definition) is 2. The third-order valence-electron chi connectivity index (χ3n) is 4.35. The van der Waals surface area contributed by atoms with Crippen LogP contribution >= 0.6 is 0 Å². The van der Waals surface area contributed by atoms with E-state index in [9.17, 15) is 4.79 Å². The molecule has 0 rings (SSSR count). The van der Waals surface area contributed by atoms with Crippen LogP contribution in [0.5, 0.6) is 0 Å². The Morgan fingerprint density at radius 3 is 2.17 bits per heavy atom. The molecule has 0 radical (unpaired) electrons. The predicted molar refractivity (Wildman–Crippen MR) is 101 cm³/mol.